The molecule has 1 aliphatic rings. The van der Waals surface area contributed by atoms with Crippen LogP contribution in [0.15, 0.2) is 30.3 Å². The van der Waals surface area contributed by atoms with Gasteiger partial charge in [-0.3, -0.25) is 4.79 Å². The summed E-state index contributed by atoms with van der Waals surface area (Å²) in [5, 5.41) is 0. The molecule has 12 heavy (non-hydrogen) atoms. The van der Waals surface area contributed by atoms with Gasteiger partial charge in [0.15, 0.2) is 11.9 Å². The van der Waals surface area contributed by atoms with E-state index in [-0.39, 0.29) is 11.9 Å². The molecule has 1 atom stereocenters. The molecule has 2 rings (SSSR count). The molecule has 1 aliphatic carbocycles. The smallest absolute Gasteiger partial charge is 0.173 e. The van der Waals surface area contributed by atoms with Gasteiger partial charge in [0.05, 0.1) is 0 Å². The van der Waals surface area contributed by atoms with E-state index < -0.39 is 0 Å². The van der Waals surface area contributed by atoms with Crippen molar-refractivity contribution in [2.75, 3.05) is 0 Å². The number of hydrogen-bond acceptors (Lipinski definition) is 2. The molecule has 1 unspecified atom stereocenters. The Morgan fingerprint density at radius 1 is 1.25 bits per heavy atom. The van der Waals surface area contributed by atoms with Crippen molar-refractivity contribution < 1.29 is 9.53 Å². The highest BCUT2D eigenvalue weighted by molar-refractivity contribution is 5.88. The molecule has 0 saturated heterocycles. The molecule has 1 aromatic carbocycles. The zero-order chi connectivity index (χ0) is 8.39. The Hall–Kier alpha value is -1.31. The lowest BCUT2D eigenvalue weighted by Crippen LogP contribution is -2.36. The van der Waals surface area contributed by atoms with E-state index in [4.69, 9.17) is 4.74 Å². The van der Waals surface area contributed by atoms with Crippen LogP contribution in [0.25, 0.3) is 0 Å². The highest BCUT2D eigenvalue weighted by Crippen LogP contribution is 2.21. The van der Waals surface area contributed by atoms with Gasteiger partial charge in [-0.1, -0.05) is 18.2 Å². The number of rotatable bonds is 2. The van der Waals surface area contributed by atoms with Crippen molar-refractivity contribution in [3.05, 3.63) is 30.3 Å². The predicted molar refractivity (Wildman–Crippen MR) is 45.1 cm³/mol. The molecule has 0 aliphatic heterocycles. The molecule has 1 aromatic rings. The van der Waals surface area contributed by atoms with E-state index in [1.54, 1.807) is 0 Å². The monoisotopic (exact) mass is 162 g/mol. The summed E-state index contributed by atoms with van der Waals surface area (Å²) in [4.78, 5) is 10.9. The molecular weight excluding hydrogens is 152 g/mol. The fourth-order valence-electron chi connectivity index (χ4n) is 1.17. The number of hydrogen-bond donors (Lipinski definition) is 0. The molecule has 0 radical (unpaired) electrons. The van der Waals surface area contributed by atoms with Crippen molar-refractivity contribution in [1.82, 2.24) is 0 Å². The van der Waals surface area contributed by atoms with Gasteiger partial charge in [-0.15, -0.1) is 0 Å². The maximum absolute atomic E-state index is 10.9. The van der Waals surface area contributed by atoms with Crippen molar-refractivity contribution >= 4 is 5.78 Å². The number of carbonyl (C=O) groups excluding carboxylic acids is 1. The Balaban J connectivity index is 2.00. The van der Waals surface area contributed by atoms with E-state index >= 15 is 0 Å². The Bertz CT molecular complexity index is 279. The summed E-state index contributed by atoms with van der Waals surface area (Å²) >= 11 is 0. The van der Waals surface area contributed by atoms with Crippen LogP contribution in [-0.4, -0.2) is 11.9 Å². The predicted octanol–water partition coefficient (Wildman–Crippen LogP) is 1.80. The summed E-state index contributed by atoms with van der Waals surface area (Å²) in [7, 11) is 0. The van der Waals surface area contributed by atoms with E-state index in [1.807, 2.05) is 30.3 Å². The Kier molecular flexibility index (Phi) is 1.82. The molecule has 1 saturated carbocycles. The van der Waals surface area contributed by atoms with Gasteiger partial charge in [-0.25, -0.2) is 0 Å². The van der Waals surface area contributed by atoms with Crippen LogP contribution in [0.4, 0.5) is 0 Å². The van der Waals surface area contributed by atoms with Crippen molar-refractivity contribution in [2.45, 2.75) is 18.9 Å². The summed E-state index contributed by atoms with van der Waals surface area (Å²) in [5.41, 5.74) is 0. The van der Waals surface area contributed by atoms with Crippen LogP contribution in [0.1, 0.15) is 12.8 Å². The molecule has 2 heteroatoms. The third-order valence-corrected chi connectivity index (χ3v) is 2.03. The molecule has 2 nitrogen and oxygen atoms in total. The van der Waals surface area contributed by atoms with Crippen molar-refractivity contribution in [1.29, 1.82) is 0 Å². The maximum atomic E-state index is 10.9. The fourth-order valence-corrected chi connectivity index (χ4v) is 1.17. The van der Waals surface area contributed by atoms with Gasteiger partial charge < -0.3 is 4.74 Å². The van der Waals surface area contributed by atoms with Gasteiger partial charge in [0.2, 0.25) is 0 Å². The Morgan fingerprint density at radius 2 is 2.00 bits per heavy atom. The molecule has 0 amide bonds. The van der Waals surface area contributed by atoms with Gasteiger partial charge in [0.1, 0.15) is 5.75 Å². The summed E-state index contributed by atoms with van der Waals surface area (Å²) in [6.07, 6.45) is 1.37. The third kappa shape index (κ3) is 1.33. The van der Waals surface area contributed by atoms with Crippen LogP contribution in [0.3, 0.4) is 0 Å². The summed E-state index contributed by atoms with van der Waals surface area (Å²) < 4.78 is 5.41. The van der Waals surface area contributed by atoms with Gasteiger partial charge in [0.25, 0.3) is 0 Å². The average Bonchev–Trinajstić information content (AvgIpc) is 2.14. The minimum absolute atomic E-state index is 0.174. The lowest BCUT2D eigenvalue weighted by molar-refractivity contribution is -0.133. The highest BCUT2D eigenvalue weighted by Gasteiger charge is 2.29. The van der Waals surface area contributed by atoms with Crippen LogP contribution in [-0.2, 0) is 4.79 Å². The van der Waals surface area contributed by atoms with Gasteiger partial charge in [-0.05, 0) is 18.6 Å². The SMILES string of the molecule is O=C1CCC1Oc1ccccc1. The molecular formula is C10H10O2. The van der Waals surface area contributed by atoms with E-state index in [0.717, 1.165) is 12.2 Å². The lowest BCUT2D eigenvalue weighted by atomic mass is 9.94. The first-order valence-electron chi connectivity index (χ1n) is 4.11. The van der Waals surface area contributed by atoms with Crippen molar-refractivity contribution in [2.24, 2.45) is 0 Å². The zero-order valence-corrected chi connectivity index (χ0v) is 6.69. The minimum Gasteiger partial charge on any atom is -0.483 e. The molecule has 0 spiro atoms. The topological polar surface area (TPSA) is 26.3 Å². The number of carbonyl (C=O) groups is 1. The highest BCUT2D eigenvalue weighted by atomic mass is 16.5. The van der Waals surface area contributed by atoms with Gasteiger partial charge in [-0.2, -0.15) is 0 Å². The fraction of sp³-hybridized carbons (Fsp3) is 0.300. The first-order chi connectivity index (χ1) is 5.86. The summed E-state index contributed by atoms with van der Waals surface area (Å²) in [6.45, 7) is 0. The first kappa shape index (κ1) is 7.35. The standard InChI is InChI=1S/C10H10O2/c11-9-6-7-10(9)12-8-4-2-1-3-5-8/h1-5,10H,6-7H2. The van der Waals surface area contributed by atoms with Crippen LogP contribution in [0, 0.1) is 0 Å². The van der Waals surface area contributed by atoms with Gasteiger partial charge >= 0.3 is 0 Å². The van der Waals surface area contributed by atoms with Crippen LogP contribution in [0.2, 0.25) is 0 Å². The Morgan fingerprint density at radius 3 is 2.50 bits per heavy atom. The maximum Gasteiger partial charge on any atom is 0.173 e. The van der Waals surface area contributed by atoms with Crippen molar-refractivity contribution in [3.8, 4) is 5.75 Å². The van der Waals surface area contributed by atoms with Crippen LogP contribution in [0.5, 0.6) is 5.75 Å². The molecule has 0 bridgehead atoms. The molecule has 1 fully saturated rings. The largest absolute Gasteiger partial charge is 0.483 e. The number of ether oxygens (including phenoxy) is 1. The molecule has 0 N–H and O–H groups in total. The number of para-hydroxylation sites is 1. The third-order valence-electron chi connectivity index (χ3n) is 2.03. The molecule has 0 aromatic heterocycles. The second kappa shape index (κ2) is 2.97. The van der Waals surface area contributed by atoms with Crippen molar-refractivity contribution in [3.63, 3.8) is 0 Å². The number of ketones is 1. The van der Waals surface area contributed by atoms with Gasteiger partial charge in [0, 0.05) is 6.42 Å². The number of Topliss-reactive ketones (excluding diaryl/α,β-unsaturated/α-hetero) is 1. The normalized spacial score (nSPS) is 21.7. The summed E-state index contributed by atoms with van der Waals surface area (Å²) in [6, 6.07) is 9.46. The molecule has 62 valence electrons. The van der Waals surface area contributed by atoms with Crippen LogP contribution < -0.4 is 4.74 Å². The average molecular weight is 162 g/mol. The molecule has 0 heterocycles. The quantitative estimate of drug-likeness (QED) is 0.662. The lowest BCUT2D eigenvalue weighted by Gasteiger charge is -2.24. The van der Waals surface area contributed by atoms with E-state index in [9.17, 15) is 4.79 Å². The first-order valence-corrected chi connectivity index (χ1v) is 4.11. The van der Waals surface area contributed by atoms with E-state index in [2.05, 4.69) is 0 Å². The second-order valence-electron chi connectivity index (χ2n) is 2.92. The zero-order valence-electron chi connectivity index (χ0n) is 6.69. The second-order valence-corrected chi connectivity index (χ2v) is 2.92. The minimum atomic E-state index is -0.174. The van der Waals surface area contributed by atoms with Crippen LogP contribution >= 0.6 is 0 Å². The van der Waals surface area contributed by atoms with E-state index in [1.165, 1.54) is 0 Å². The Labute approximate surface area is 71.2 Å². The number of benzene rings is 1. The summed E-state index contributed by atoms with van der Waals surface area (Å²) in [5.74, 6) is 1.01. The van der Waals surface area contributed by atoms with E-state index in [0.29, 0.717) is 6.42 Å².